The SMILES string of the molecule is CCC=CS(=O)C[C@H](N)C(=O)O. The molecule has 3 N–H and O–H groups in total. The molecule has 0 radical (unpaired) electrons. The molecule has 0 saturated carbocycles. The predicted molar refractivity (Wildman–Crippen MR) is 48.1 cm³/mol. The molecular weight excluding hydrogens is 178 g/mol. The van der Waals surface area contributed by atoms with Crippen LogP contribution in [0.25, 0.3) is 0 Å². The summed E-state index contributed by atoms with van der Waals surface area (Å²) in [5, 5.41) is 9.85. The van der Waals surface area contributed by atoms with E-state index in [1.165, 1.54) is 5.41 Å². The average molecular weight is 191 g/mol. The lowest BCUT2D eigenvalue weighted by molar-refractivity contribution is -0.137. The van der Waals surface area contributed by atoms with Crippen molar-refractivity contribution in [1.29, 1.82) is 0 Å². The van der Waals surface area contributed by atoms with Crippen LogP contribution in [0.1, 0.15) is 13.3 Å². The second kappa shape index (κ2) is 5.91. The summed E-state index contributed by atoms with van der Waals surface area (Å²) in [6.45, 7) is 1.91. The molecule has 0 bridgehead atoms. The Hall–Kier alpha value is -0.680. The summed E-state index contributed by atoms with van der Waals surface area (Å²) in [4.78, 5) is 10.2. The fourth-order valence-electron chi connectivity index (χ4n) is 0.507. The second-order valence-electron chi connectivity index (χ2n) is 2.27. The quantitative estimate of drug-likeness (QED) is 0.644. The summed E-state index contributed by atoms with van der Waals surface area (Å²) in [5.74, 6) is -1.14. The topological polar surface area (TPSA) is 80.4 Å². The van der Waals surface area contributed by atoms with Gasteiger partial charge in [0, 0.05) is 10.8 Å². The Bertz CT molecular complexity index is 203. The van der Waals surface area contributed by atoms with E-state index >= 15 is 0 Å². The Balaban J connectivity index is 3.84. The number of carboxylic acids is 1. The van der Waals surface area contributed by atoms with E-state index < -0.39 is 22.8 Å². The fourth-order valence-corrected chi connectivity index (χ4v) is 1.52. The predicted octanol–water partition coefficient (Wildman–Crippen LogP) is 0.0707. The van der Waals surface area contributed by atoms with Crippen LogP contribution in [-0.2, 0) is 15.6 Å². The van der Waals surface area contributed by atoms with E-state index in [4.69, 9.17) is 10.8 Å². The molecule has 0 aliphatic rings. The number of allylic oxidation sites excluding steroid dienone is 1. The molecule has 70 valence electrons. The summed E-state index contributed by atoms with van der Waals surface area (Å²) in [6, 6.07) is -1.03. The molecule has 0 aliphatic heterocycles. The zero-order valence-corrected chi connectivity index (χ0v) is 7.71. The maximum Gasteiger partial charge on any atom is 0.321 e. The van der Waals surface area contributed by atoms with Crippen LogP contribution in [0, 0.1) is 0 Å². The first-order valence-electron chi connectivity index (χ1n) is 3.60. The molecule has 0 saturated heterocycles. The first-order chi connectivity index (χ1) is 5.57. The molecule has 0 aliphatic carbocycles. The second-order valence-corrected chi connectivity index (χ2v) is 3.64. The number of hydrogen-bond donors (Lipinski definition) is 2. The van der Waals surface area contributed by atoms with Gasteiger partial charge in [-0.25, -0.2) is 0 Å². The molecule has 0 spiro atoms. The van der Waals surface area contributed by atoms with E-state index in [9.17, 15) is 9.00 Å². The maximum atomic E-state index is 11.0. The highest BCUT2D eigenvalue weighted by molar-refractivity contribution is 7.88. The van der Waals surface area contributed by atoms with Crippen molar-refractivity contribution >= 4 is 16.8 Å². The number of hydrogen-bond acceptors (Lipinski definition) is 3. The summed E-state index contributed by atoms with van der Waals surface area (Å²) in [5.41, 5.74) is 5.16. The standard InChI is InChI=1S/C7H13NO3S/c1-2-3-4-12(11)5-6(8)7(9)10/h3-4,6H,2,5,8H2,1H3,(H,9,10)/t6-,12?/m0/s1. The van der Waals surface area contributed by atoms with Crippen molar-refractivity contribution in [3.8, 4) is 0 Å². The zero-order chi connectivity index (χ0) is 9.56. The van der Waals surface area contributed by atoms with Gasteiger partial charge in [-0.05, 0) is 11.8 Å². The van der Waals surface area contributed by atoms with Gasteiger partial charge in [-0.1, -0.05) is 13.0 Å². The van der Waals surface area contributed by atoms with Gasteiger partial charge in [0.05, 0.1) is 5.75 Å². The van der Waals surface area contributed by atoms with E-state index in [-0.39, 0.29) is 5.75 Å². The Morgan fingerprint density at radius 3 is 2.75 bits per heavy atom. The molecule has 0 amide bonds. The van der Waals surface area contributed by atoms with Crippen LogP contribution in [0.2, 0.25) is 0 Å². The van der Waals surface area contributed by atoms with Crippen molar-refractivity contribution in [2.45, 2.75) is 19.4 Å². The van der Waals surface area contributed by atoms with E-state index in [1.807, 2.05) is 6.92 Å². The lowest BCUT2D eigenvalue weighted by Crippen LogP contribution is -2.35. The highest BCUT2D eigenvalue weighted by Gasteiger charge is 2.13. The number of carbonyl (C=O) groups is 1. The molecule has 0 aromatic rings. The summed E-state index contributed by atoms with van der Waals surface area (Å²) in [7, 11) is -1.26. The van der Waals surface area contributed by atoms with Crippen LogP contribution in [0.5, 0.6) is 0 Å². The van der Waals surface area contributed by atoms with E-state index in [0.717, 1.165) is 6.42 Å². The van der Waals surface area contributed by atoms with Crippen molar-refractivity contribution in [2.75, 3.05) is 5.75 Å². The van der Waals surface area contributed by atoms with Crippen LogP contribution in [0.15, 0.2) is 11.5 Å². The fraction of sp³-hybridized carbons (Fsp3) is 0.571. The molecule has 0 fully saturated rings. The molecule has 5 heteroatoms. The minimum absolute atomic E-state index is 0.0220. The molecule has 0 aromatic heterocycles. The van der Waals surface area contributed by atoms with E-state index in [0.29, 0.717) is 0 Å². The summed E-state index contributed by atoms with van der Waals surface area (Å²) in [6.07, 6.45) is 2.51. The van der Waals surface area contributed by atoms with Gasteiger partial charge in [-0.2, -0.15) is 0 Å². The lowest BCUT2D eigenvalue weighted by Gasteiger charge is -2.01. The molecular formula is C7H13NO3S. The Labute approximate surface area is 73.9 Å². The van der Waals surface area contributed by atoms with Gasteiger partial charge < -0.3 is 10.8 Å². The third kappa shape index (κ3) is 5.03. The minimum atomic E-state index is -1.26. The highest BCUT2D eigenvalue weighted by atomic mass is 32.2. The molecule has 1 unspecified atom stereocenters. The first-order valence-corrected chi connectivity index (χ1v) is 4.98. The van der Waals surface area contributed by atoms with Crippen molar-refractivity contribution in [3.05, 3.63) is 11.5 Å². The lowest BCUT2D eigenvalue weighted by atomic mass is 10.4. The van der Waals surface area contributed by atoms with Crippen LogP contribution >= 0.6 is 0 Å². The summed E-state index contributed by atoms with van der Waals surface area (Å²) >= 11 is 0. The molecule has 12 heavy (non-hydrogen) atoms. The minimum Gasteiger partial charge on any atom is -0.480 e. The Morgan fingerprint density at radius 1 is 1.75 bits per heavy atom. The van der Waals surface area contributed by atoms with Gasteiger partial charge in [0.2, 0.25) is 0 Å². The van der Waals surface area contributed by atoms with E-state index in [2.05, 4.69) is 0 Å². The van der Waals surface area contributed by atoms with Crippen molar-refractivity contribution < 1.29 is 14.1 Å². The van der Waals surface area contributed by atoms with Gasteiger partial charge in [0.25, 0.3) is 0 Å². The number of carboxylic acid groups (broad SMARTS) is 1. The normalized spacial score (nSPS) is 16.2. The first kappa shape index (κ1) is 11.3. The number of aliphatic carboxylic acids is 1. The third-order valence-electron chi connectivity index (χ3n) is 1.14. The van der Waals surface area contributed by atoms with Crippen LogP contribution in [-0.4, -0.2) is 27.1 Å². The molecule has 4 nitrogen and oxygen atoms in total. The van der Waals surface area contributed by atoms with Crippen molar-refractivity contribution in [2.24, 2.45) is 5.73 Å². The molecule has 0 heterocycles. The van der Waals surface area contributed by atoms with Crippen LogP contribution in [0.4, 0.5) is 0 Å². The highest BCUT2D eigenvalue weighted by Crippen LogP contribution is 1.91. The zero-order valence-electron chi connectivity index (χ0n) is 6.90. The smallest absolute Gasteiger partial charge is 0.321 e. The van der Waals surface area contributed by atoms with Gasteiger partial charge in [-0.3, -0.25) is 9.00 Å². The maximum absolute atomic E-state index is 11.0. The van der Waals surface area contributed by atoms with E-state index in [1.54, 1.807) is 6.08 Å². The van der Waals surface area contributed by atoms with Crippen LogP contribution in [0.3, 0.4) is 0 Å². The Kier molecular flexibility index (Phi) is 5.57. The number of nitrogens with two attached hydrogens (primary N) is 1. The number of rotatable bonds is 5. The van der Waals surface area contributed by atoms with Gasteiger partial charge in [0.15, 0.2) is 0 Å². The molecule has 0 rings (SSSR count). The molecule has 0 aromatic carbocycles. The Morgan fingerprint density at radius 2 is 2.33 bits per heavy atom. The average Bonchev–Trinajstić information content (AvgIpc) is 2.00. The van der Waals surface area contributed by atoms with Crippen molar-refractivity contribution in [1.82, 2.24) is 0 Å². The van der Waals surface area contributed by atoms with Gasteiger partial charge in [-0.15, -0.1) is 0 Å². The molecule has 2 atom stereocenters. The monoisotopic (exact) mass is 191 g/mol. The van der Waals surface area contributed by atoms with Gasteiger partial charge >= 0.3 is 5.97 Å². The van der Waals surface area contributed by atoms with Gasteiger partial charge in [0.1, 0.15) is 6.04 Å². The van der Waals surface area contributed by atoms with Crippen molar-refractivity contribution in [3.63, 3.8) is 0 Å². The van der Waals surface area contributed by atoms with Crippen LogP contribution < -0.4 is 5.73 Å². The summed E-state index contributed by atoms with van der Waals surface area (Å²) < 4.78 is 11.0. The third-order valence-corrected chi connectivity index (χ3v) is 2.33. The largest absolute Gasteiger partial charge is 0.480 e.